The second-order valence-corrected chi connectivity index (χ2v) is 5.45. The number of fused-ring (bicyclic) bond motifs is 2. The van der Waals surface area contributed by atoms with Crippen LogP contribution >= 0.6 is 0 Å². The van der Waals surface area contributed by atoms with Crippen LogP contribution in [-0.4, -0.2) is 29.8 Å². The molecule has 0 saturated heterocycles. The van der Waals surface area contributed by atoms with Crippen LogP contribution in [0.1, 0.15) is 22.1 Å². The highest BCUT2D eigenvalue weighted by atomic mass is 19.1. The van der Waals surface area contributed by atoms with Crippen LogP contribution in [0, 0.1) is 5.82 Å². The lowest BCUT2D eigenvalue weighted by molar-refractivity contribution is 0.0926. The monoisotopic (exact) mass is 327 g/mol. The van der Waals surface area contributed by atoms with Crippen molar-refractivity contribution in [1.82, 2.24) is 15.5 Å². The van der Waals surface area contributed by atoms with Gasteiger partial charge in [0.1, 0.15) is 12.4 Å². The number of hydrogen-bond donors (Lipinski definition) is 2. The average molecular weight is 327 g/mol. The van der Waals surface area contributed by atoms with E-state index in [9.17, 15) is 9.18 Å². The van der Waals surface area contributed by atoms with Crippen molar-refractivity contribution in [2.75, 3.05) is 13.7 Å². The van der Waals surface area contributed by atoms with Crippen LogP contribution in [0.3, 0.4) is 0 Å². The van der Waals surface area contributed by atoms with E-state index >= 15 is 0 Å². The number of ether oxygens (including phenoxy) is 2. The fraction of sp³-hybridized carbons (Fsp3) is 0.176. The number of aromatic amines is 1. The predicted molar refractivity (Wildman–Crippen MR) is 84.7 cm³/mol. The number of H-pyrrole nitrogens is 1. The molecule has 1 aromatic heterocycles. The summed E-state index contributed by atoms with van der Waals surface area (Å²) in [6.07, 6.45) is 0. The number of methoxy groups -OCH3 is 1. The minimum absolute atomic E-state index is 0.182. The molecule has 7 heteroatoms. The summed E-state index contributed by atoms with van der Waals surface area (Å²) >= 11 is 0. The van der Waals surface area contributed by atoms with E-state index in [2.05, 4.69) is 15.5 Å². The lowest BCUT2D eigenvalue weighted by Gasteiger charge is -2.11. The van der Waals surface area contributed by atoms with Crippen molar-refractivity contribution in [3.8, 4) is 11.5 Å². The Morgan fingerprint density at radius 1 is 1.38 bits per heavy atom. The van der Waals surface area contributed by atoms with E-state index < -0.39 is 11.9 Å². The molecule has 1 unspecified atom stereocenters. The Labute approximate surface area is 136 Å². The van der Waals surface area contributed by atoms with Gasteiger partial charge >= 0.3 is 0 Å². The number of carbonyl (C=O) groups is 1. The van der Waals surface area contributed by atoms with Crippen molar-refractivity contribution in [2.24, 2.45) is 0 Å². The van der Waals surface area contributed by atoms with Gasteiger partial charge in [0, 0.05) is 5.56 Å². The van der Waals surface area contributed by atoms with Gasteiger partial charge in [-0.1, -0.05) is 18.2 Å². The molecule has 0 fully saturated rings. The average Bonchev–Trinajstić information content (AvgIpc) is 3.20. The first-order valence-corrected chi connectivity index (χ1v) is 7.42. The van der Waals surface area contributed by atoms with Gasteiger partial charge in [0.15, 0.2) is 17.3 Å². The lowest BCUT2D eigenvalue weighted by Crippen LogP contribution is -2.29. The Balaban J connectivity index is 1.66. The molecule has 4 rings (SSSR count). The van der Waals surface area contributed by atoms with E-state index in [1.54, 1.807) is 18.2 Å². The Morgan fingerprint density at radius 2 is 2.21 bits per heavy atom. The van der Waals surface area contributed by atoms with Crippen LogP contribution in [0.5, 0.6) is 11.5 Å². The van der Waals surface area contributed by atoms with Crippen LogP contribution in [0.15, 0.2) is 36.4 Å². The molecule has 6 nitrogen and oxygen atoms in total. The molecule has 2 aromatic carbocycles. The predicted octanol–water partition coefficient (Wildman–Crippen LogP) is 2.57. The minimum atomic E-state index is -0.434. The van der Waals surface area contributed by atoms with Gasteiger partial charge in [-0.15, -0.1) is 0 Å². The number of nitrogens with zero attached hydrogens (tertiary/aromatic N) is 1. The van der Waals surface area contributed by atoms with Crippen molar-refractivity contribution in [3.63, 3.8) is 0 Å². The first kappa shape index (κ1) is 14.5. The van der Waals surface area contributed by atoms with Gasteiger partial charge in [-0.05, 0) is 18.2 Å². The van der Waals surface area contributed by atoms with E-state index in [0.717, 1.165) is 0 Å². The molecule has 0 aliphatic carbocycles. The highest BCUT2D eigenvalue weighted by Gasteiger charge is 2.29. The minimum Gasteiger partial charge on any atom is -0.496 e. The van der Waals surface area contributed by atoms with Crippen molar-refractivity contribution in [3.05, 3.63) is 53.5 Å². The number of rotatable bonds is 3. The summed E-state index contributed by atoms with van der Waals surface area (Å²) in [5.74, 6) is -0.0691. The first-order chi connectivity index (χ1) is 11.7. The smallest absolute Gasteiger partial charge is 0.273 e. The molecule has 2 N–H and O–H groups in total. The molecule has 122 valence electrons. The molecule has 2 heterocycles. The fourth-order valence-corrected chi connectivity index (χ4v) is 2.93. The van der Waals surface area contributed by atoms with Crippen LogP contribution in [0.4, 0.5) is 4.39 Å². The zero-order chi connectivity index (χ0) is 16.7. The Morgan fingerprint density at radius 3 is 3.04 bits per heavy atom. The molecule has 1 atom stereocenters. The SMILES string of the molecule is COc1cccc2[nH]nc(C(=O)NC3COc4c(F)cccc43)c12. The maximum atomic E-state index is 13.7. The van der Waals surface area contributed by atoms with Crippen LogP contribution in [0.25, 0.3) is 10.9 Å². The third-order valence-corrected chi connectivity index (χ3v) is 4.06. The number of amides is 1. The van der Waals surface area contributed by atoms with Crippen molar-refractivity contribution >= 4 is 16.8 Å². The van der Waals surface area contributed by atoms with Gasteiger partial charge in [-0.25, -0.2) is 4.39 Å². The first-order valence-electron chi connectivity index (χ1n) is 7.42. The molecule has 0 saturated carbocycles. The molecular weight excluding hydrogens is 313 g/mol. The quantitative estimate of drug-likeness (QED) is 0.775. The van der Waals surface area contributed by atoms with Crippen LogP contribution < -0.4 is 14.8 Å². The highest BCUT2D eigenvalue weighted by Crippen LogP contribution is 2.35. The summed E-state index contributed by atoms with van der Waals surface area (Å²) in [6.45, 7) is 0.182. The van der Waals surface area contributed by atoms with Crippen molar-refractivity contribution < 1.29 is 18.7 Å². The standard InChI is InChI=1S/C17H14FN3O3/c1-23-13-7-3-6-11-14(13)15(21-20-11)17(22)19-12-8-24-16-9(12)4-2-5-10(16)18/h2-7,12H,8H2,1H3,(H,19,22)(H,20,21). The Hall–Kier alpha value is -3.09. The summed E-state index contributed by atoms with van der Waals surface area (Å²) in [7, 11) is 1.54. The number of aromatic nitrogens is 2. The number of nitrogens with one attached hydrogen (secondary N) is 2. The van der Waals surface area contributed by atoms with E-state index in [-0.39, 0.29) is 24.0 Å². The summed E-state index contributed by atoms with van der Waals surface area (Å²) in [5, 5.41) is 10.3. The maximum Gasteiger partial charge on any atom is 0.273 e. The van der Waals surface area contributed by atoms with Crippen LogP contribution in [0.2, 0.25) is 0 Å². The molecule has 24 heavy (non-hydrogen) atoms. The summed E-state index contributed by atoms with van der Waals surface area (Å²) < 4.78 is 24.4. The summed E-state index contributed by atoms with van der Waals surface area (Å²) in [6, 6.07) is 9.61. The molecular formula is C17H14FN3O3. The van der Waals surface area contributed by atoms with Gasteiger partial charge < -0.3 is 14.8 Å². The Kier molecular flexibility index (Phi) is 3.34. The number of carbonyl (C=O) groups excluding carboxylic acids is 1. The molecule has 0 spiro atoms. The molecule has 1 amide bonds. The van der Waals surface area contributed by atoms with E-state index in [1.807, 2.05) is 12.1 Å². The largest absolute Gasteiger partial charge is 0.496 e. The number of para-hydroxylation sites is 1. The zero-order valence-corrected chi connectivity index (χ0v) is 12.8. The second-order valence-electron chi connectivity index (χ2n) is 5.45. The van der Waals surface area contributed by atoms with Crippen molar-refractivity contribution in [1.29, 1.82) is 0 Å². The number of hydrogen-bond acceptors (Lipinski definition) is 4. The third kappa shape index (κ3) is 2.17. The summed E-state index contributed by atoms with van der Waals surface area (Å²) in [4.78, 5) is 12.6. The van der Waals surface area contributed by atoms with Gasteiger partial charge in [0.2, 0.25) is 0 Å². The maximum absolute atomic E-state index is 13.7. The normalized spacial score (nSPS) is 15.8. The summed E-state index contributed by atoms with van der Waals surface area (Å²) in [5.41, 5.74) is 1.55. The van der Waals surface area contributed by atoms with E-state index in [0.29, 0.717) is 22.2 Å². The molecule has 0 bridgehead atoms. The number of halogens is 1. The third-order valence-electron chi connectivity index (χ3n) is 4.06. The van der Waals surface area contributed by atoms with Gasteiger partial charge in [0.25, 0.3) is 5.91 Å². The Bertz CT molecular complexity index is 938. The van der Waals surface area contributed by atoms with Gasteiger partial charge in [-0.3, -0.25) is 9.89 Å². The topological polar surface area (TPSA) is 76.2 Å². The molecule has 1 aliphatic rings. The highest BCUT2D eigenvalue weighted by molar-refractivity contribution is 6.07. The van der Waals surface area contributed by atoms with E-state index in [1.165, 1.54) is 13.2 Å². The fourth-order valence-electron chi connectivity index (χ4n) is 2.93. The zero-order valence-electron chi connectivity index (χ0n) is 12.8. The molecule has 3 aromatic rings. The van der Waals surface area contributed by atoms with Gasteiger partial charge in [-0.2, -0.15) is 5.10 Å². The van der Waals surface area contributed by atoms with Gasteiger partial charge in [0.05, 0.1) is 24.1 Å². The van der Waals surface area contributed by atoms with Crippen LogP contribution in [-0.2, 0) is 0 Å². The van der Waals surface area contributed by atoms with Crippen molar-refractivity contribution in [2.45, 2.75) is 6.04 Å². The number of benzene rings is 2. The molecule has 1 aliphatic heterocycles. The second kappa shape index (κ2) is 5.52. The lowest BCUT2D eigenvalue weighted by atomic mass is 10.1. The van der Waals surface area contributed by atoms with E-state index in [4.69, 9.17) is 9.47 Å². The molecule has 0 radical (unpaired) electrons.